The molecule has 1 aromatic heterocycles. The monoisotopic (exact) mass is 498 g/mol. The van der Waals surface area contributed by atoms with E-state index in [-0.39, 0.29) is 43.1 Å². The van der Waals surface area contributed by atoms with Crippen LogP contribution in [0.5, 0.6) is 0 Å². The van der Waals surface area contributed by atoms with E-state index in [1.165, 1.54) is 4.31 Å². The number of piperazine rings is 1. The maximum absolute atomic E-state index is 12.9. The van der Waals surface area contributed by atoms with Gasteiger partial charge < -0.3 is 15.0 Å². The molecule has 4 rings (SSSR count). The Kier molecular flexibility index (Phi) is 7.10. The van der Waals surface area contributed by atoms with E-state index >= 15 is 0 Å². The number of carbonyl (C=O) groups is 1. The fraction of sp³-hybridized carbons (Fsp3) is 0.455. The first-order valence-corrected chi connectivity index (χ1v) is 12.4. The molecule has 0 spiro atoms. The molecule has 1 aromatic carbocycles. The summed E-state index contributed by atoms with van der Waals surface area (Å²) >= 11 is 0. The third-order valence-electron chi connectivity index (χ3n) is 5.90. The van der Waals surface area contributed by atoms with E-state index in [9.17, 15) is 26.4 Å². The Hall–Kier alpha value is -2.70. The number of alkyl halides is 3. The Morgan fingerprint density at radius 1 is 1.12 bits per heavy atom. The number of pyridine rings is 1. The first-order valence-electron chi connectivity index (χ1n) is 10.9. The van der Waals surface area contributed by atoms with Crippen molar-refractivity contribution in [3.63, 3.8) is 0 Å². The topological polar surface area (TPSA) is 91.8 Å². The number of benzene rings is 1. The van der Waals surface area contributed by atoms with Crippen LogP contribution in [0.2, 0.25) is 0 Å². The molecule has 0 aliphatic carbocycles. The van der Waals surface area contributed by atoms with Crippen molar-refractivity contribution in [1.29, 1.82) is 0 Å². The number of carbonyl (C=O) groups excluding carboxylic acids is 1. The summed E-state index contributed by atoms with van der Waals surface area (Å²) in [6.45, 7) is 1.88. The van der Waals surface area contributed by atoms with Gasteiger partial charge in [0.1, 0.15) is 5.82 Å². The molecule has 12 heteroatoms. The maximum atomic E-state index is 12.9. The highest BCUT2D eigenvalue weighted by Gasteiger charge is 2.33. The van der Waals surface area contributed by atoms with Crippen LogP contribution < -0.4 is 10.2 Å². The minimum absolute atomic E-state index is 0.00280. The number of nitrogens with zero attached hydrogens (tertiary/aromatic N) is 3. The maximum Gasteiger partial charge on any atom is 0.416 e. The lowest BCUT2D eigenvalue weighted by Gasteiger charge is -2.35. The van der Waals surface area contributed by atoms with Gasteiger partial charge in [-0.2, -0.15) is 17.5 Å². The molecule has 1 atom stereocenters. The highest BCUT2D eigenvalue weighted by Crippen LogP contribution is 2.30. The number of ether oxygens (including phenoxy) is 1. The van der Waals surface area contributed by atoms with Crippen molar-refractivity contribution in [3.8, 4) is 0 Å². The third kappa shape index (κ3) is 5.34. The largest absolute Gasteiger partial charge is 0.416 e. The van der Waals surface area contributed by atoms with Crippen molar-refractivity contribution in [1.82, 2.24) is 14.6 Å². The quantitative estimate of drug-likeness (QED) is 0.658. The molecule has 0 radical (unpaired) electrons. The Labute approximate surface area is 195 Å². The fourth-order valence-corrected chi connectivity index (χ4v) is 5.46. The number of hydrogen-bond donors (Lipinski definition) is 1. The zero-order valence-corrected chi connectivity index (χ0v) is 19.1. The van der Waals surface area contributed by atoms with Gasteiger partial charge in [-0.25, -0.2) is 13.4 Å². The van der Waals surface area contributed by atoms with Crippen molar-refractivity contribution in [2.24, 2.45) is 0 Å². The first-order chi connectivity index (χ1) is 16.2. The number of rotatable bonds is 6. The van der Waals surface area contributed by atoms with E-state index in [4.69, 9.17) is 4.74 Å². The van der Waals surface area contributed by atoms with Gasteiger partial charge in [0.25, 0.3) is 5.91 Å². The molecule has 3 heterocycles. The van der Waals surface area contributed by atoms with Gasteiger partial charge >= 0.3 is 6.18 Å². The van der Waals surface area contributed by atoms with Crippen LogP contribution in [0.4, 0.5) is 19.0 Å². The lowest BCUT2D eigenvalue weighted by Crippen LogP contribution is -2.49. The Balaban J connectivity index is 1.41. The van der Waals surface area contributed by atoms with Crippen LogP contribution in [-0.2, 0) is 20.9 Å². The molecule has 1 unspecified atom stereocenters. The van der Waals surface area contributed by atoms with E-state index in [1.807, 2.05) is 4.90 Å². The van der Waals surface area contributed by atoms with Crippen LogP contribution in [0.1, 0.15) is 28.8 Å². The first kappa shape index (κ1) is 24.4. The molecule has 0 bridgehead atoms. The van der Waals surface area contributed by atoms with Crippen LogP contribution >= 0.6 is 0 Å². The lowest BCUT2D eigenvalue weighted by molar-refractivity contribution is -0.137. The number of halogens is 3. The van der Waals surface area contributed by atoms with Crippen LogP contribution in [0.3, 0.4) is 0 Å². The predicted octanol–water partition coefficient (Wildman–Crippen LogP) is 2.52. The minimum atomic E-state index is -4.54. The summed E-state index contributed by atoms with van der Waals surface area (Å²) in [5.74, 6) is 0.178. The summed E-state index contributed by atoms with van der Waals surface area (Å²) in [6.07, 6.45) is -1.10. The van der Waals surface area contributed by atoms with Gasteiger partial charge in [-0.15, -0.1) is 0 Å². The number of anilines is 1. The van der Waals surface area contributed by atoms with Crippen molar-refractivity contribution < 1.29 is 31.1 Å². The van der Waals surface area contributed by atoms with Crippen LogP contribution in [0.15, 0.2) is 47.5 Å². The zero-order valence-electron chi connectivity index (χ0n) is 18.3. The SMILES string of the molecule is O=C(NCC1CCCO1)c1cccnc1N1CCN(S(=O)(=O)c2ccc(C(F)(F)F)cc2)CC1. The summed E-state index contributed by atoms with van der Waals surface area (Å²) in [6, 6.07) is 6.80. The second kappa shape index (κ2) is 9.88. The molecule has 2 aliphatic rings. The number of sulfonamides is 1. The molecule has 1 amide bonds. The molecule has 2 fully saturated rings. The molecular formula is C22H25F3N4O4S. The zero-order chi connectivity index (χ0) is 24.3. The number of hydrogen-bond acceptors (Lipinski definition) is 6. The number of aromatic nitrogens is 1. The van der Waals surface area contributed by atoms with Crippen molar-refractivity contribution in [2.75, 3.05) is 44.2 Å². The number of nitrogens with one attached hydrogen (secondary N) is 1. The lowest BCUT2D eigenvalue weighted by atomic mass is 10.2. The molecule has 8 nitrogen and oxygen atoms in total. The van der Waals surface area contributed by atoms with E-state index in [0.29, 0.717) is 24.5 Å². The summed E-state index contributed by atoms with van der Waals surface area (Å²) in [7, 11) is -3.95. The van der Waals surface area contributed by atoms with Gasteiger partial charge in [-0.3, -0.25) is 4.79 Å². The molecule has 34 heavy (non-hydrogen) atoms. The molecule has 184 valence electrons. The van der Waals surface area contributed by atoms with E-state index < -0.39 is 21.8 Å². The smallest absolute Gasteiger partial charge is 0.376 e. The number of amides is 1. The molecule has 2 aromatic rings. The van der Waals surface area contributed by atoms with Gasteiger partial charge in [-0.05, 0) is 49.2 Å². The molecule has 2 aliphatic heterocycles. The van der Waals surface area contributed by atoms with Gasteiger partial charge in [0.2, 0.25) is 10.0 Å². The normalized spacial score (nSPS) is 19.9. The third-order valence-corrected chi connectivity index (χ3v) is 7.82. The highest BCUT2D eigenvalue weighted by atomic mass is 32.2. The second-order valence-electron chi connectivity index (χ2n) is 8.13. The highest BCUT2D eigenvalue weighted by molar-refractivity contribution is 7.89. The average molecular weight is 499 g/mol. The van der Waals surface area contributed by atoms with Gasteiger partial charge in [0, 0.05) is 45.5 Å². The Morgan fingerprint density at radius 2 is 1.82 bits per heavy atom. The van der Waals surface area contributed by atoms with Crippen LogP contribution in [0, 0.1) is 0 Å². The molecule has 0 saturated carbocycles. The van der Waals surface area contributed by atoms with E-state index in [1.54, 1.807) is 18.3 Å². The molecule has 1 N–H and O–H groups in total. The van der Waals surface area contributed by atoms with Gasteiger partial charge in [0.15, 0.2) is 0 Å². The van der Waals surface area contributed by atoms with E-state index in [0.717, 1.165) is 37.1 Å². The van der Waals surface area contributed by atoms with Crippen LogP contribution in [-0.4, -0.2) is 69.0 Å². The van der Waals surface area contributed by atoms with Crippen molar-refractivity contribution in [3.05, 3.63) is 53.7 Å². The minimum Gasteiger partial charge on any atom is -0.376 e. The Bertz CT molecular complexity index is 1110. The van der Waals surface area contributed by atoms with Crippen molar-refractivity contribution in [2.45, 2.75) is 30.0 Å². The Morgan fingerprint density at radius 3 is 2.44 bits per heavy atom. The summed E-state index contributed by atoms with van der Waals surface area (Å²) in [5, 5.41) is 2.87. The van der Waals surface area contributed by atoms with Crippen molar-refractivity contribution >= 4 is 21.7 Å². The average Bonchev–Trinajstić information content (AvgIpc) is 3.36. The predicted molar refractivity (Wildman–Crippen MR) is 118 cm³/mol. The summed E-state index contributed by atoms with van der Waals surface area (Å²) in [5.41, 5.74) is -0.517. The molecule has 2 saturated heterocycles. The van der Waals surface area contributed by atoms with Gasteiger partial charge in [0.05, 0.1) is 22.1 Å². The standard InChI is InChI=1S/C22H25F3N4O4S/c23-22(24,25)16-5-7-18(8-6-16)34(31,32)29-12-10-28(11-13-29)20-19(4-1-9-26-20)21(30)27-15-17-3-2-14-33-17/h1,4-9,17H,2-3,10-15H2,(H,27,30). The van der Waals surface area contributed by atoms with Crippen LogP contribution in [0.25, 0.3) is 0 Å². The van der Waals surface area contributed by atoms with E-state index in [2.05, 4.69) is 10.3 Å². The molecular weight excluding hydrogens is 473 g/mol. The summed E-state index contributed by atoms with van der Waals surface area (Å²) < 4.78 is 70.9. The fourth-order valence-electron chi connectivity index (χ4n) is 4.04. The second-order valence-corrected chi connectivity index (χ2v) is 10.1. The van der Waals surface area contributed by atoms with Gasteiger partial charge in [-0.1, -0.05) is 0 Å². The summed E-state index contributed by atoms with van der Waals surface area (Å²) in [4.78, 5) is 18.7.